The molecular formula is C22H23NO4S2. The molecule has 0 radical (unpaired) electrons. The maximum absolute atomic E-state index is 12.3. The number of hydrogen-bond acceptors (Lipinski definition) is 6. The molecule has 1 aliphatic heterocycles. The number of rotatable bonds is 9. The van der Waals surface area contributed by atoms with Gasteiger partial charge in [-0.05, 0) is 42.8 Å². The molecule has 1 heterocycles. The zero-order valence-electron chi connectivity index (χ0n) is 16.4. The highest BCUT2D eigenvalue weighted by Crippen LogP contribution is 2.32. The lowest BCUT2D eigenvalue weighted by molar-refractivity contribution is -0.121. The summed E-state index contributed by atoms with van der Waals surface area (Å²) >= 11 is 6.58. The summed E-state index contributed by atoms with van der Waals surface area (Å²) in [5.41, 5.74) is 0.940. The lowest BCUT2D eigenvalue weighted by atomic mass is 10.2. The molecule has 0 spiro atoms. The highest BCUT2D eigenvalue weighted by atomic mass is 32.2. The number of amides is 1. The number of carbonyl (C=O) groups is 1. The van der Waals surface area contributed by atoms with Crippen molar-refractivity contribution in [3.8, 4) is 17.2 Å². The van der Waals surface area contributed by atoms with E-state index in [4.69, 9.17) is 26.4 Å². The third-order valence-electron chi connectivity index (χ3n) is 4.24. The first-order valence-electron chi connectivity index (χ1n) is 9.36. The van der Waals surface area contributed by atoms with Crippen LogP contribution in [0.1, 0.15) is 18.9 Å². The van der Waals surface area contributed by atoms with Gasteiger partial charge in [-0.25, -0.2) is 0 Å². The van der Waals surface area contributed by atoms with Gasteiger partial charge >= 0.3 is 0 Å². The van der Waals surface area contributed by atoms with Crippen LogP contribution in [0.3, 0.4) is 0 Å². The van der Waals surface area contributed by atoms with Crippen molar-refractivity contribution in [2.24, 2.45) is 0 Å². The molecule has 0 atom stereocenters. The van der Waals surface area contributed by atoms with Crippen molar-refractivity contribution >= 4 is 40.3 Å². The Morgan fingerprint density at radius 2 is 1.72 bits per heavy atom. The quantitative estimate of drug-likeness (QED) is 0.325. The zero-order valence-corrected chi connectivity index (χ0v) is 18.1. The van der Waals surface area contributed by atoms with Gasteiger partial charge in [0.25, 0.3) is 5.91 Å². The van der Waals surface area contributed by atoms with E-state index in [1.165, 1.54) is 11.8 Å². The van der Waals surface area contributed by atoms with Crippen LogP contribution in [0, 0.1) is 0 Å². The summed E-state index contributed by atoms with van der Waals surface area (Å²) in [6, 6.07) is 15.2. The molecule has 2 aromatic carbocycles. The highest BCUT2D eigenvalue weighted by Gasteiger charge is 2.30. The van der Waals surface area contributed by atoms with Crippen LogP contribution in [0.5, 0.6) is 17.2 Å². The standard InChI is InChI=1S/C22H23NO4S2/c1-3-23-21(24)20(29-22(23)28)14-16-8-10-17(11-9-16)26-12-5-13-27-19-7-4-6-18(15-19)25-2/h4,6-11,14-15H,3,5,12-13H2,1-2H3/b20-14-. The predicted octanol–water partition coefficient (Wildman–Crippen LogP) is 4.76. The van der Waals surface area contributed by atoms with Gasteiger partial charge in [-0.15, -0.1) is 0 Å². The largest absolute Gasteiger partial charge is 0.497 e. The van der Waals surface area contributed by atoms with Crippen LogP contribution < -0.4 is 14.2 Å². The molecule has 7 heteroatoms. The molecule has 0 N–H and O–H groups in total. The molecule has 0 bridgehead atoms. The predicted molar refractivity (Wildman–Crippen MR) is 121 cm³/mol. The fourth-order valence-corrected chi connectivity index (χ4v) is 4.10. The monoisotopic (exact) mass is 429 g/mol. The molecule has 1 aliphatic rings. The molecule has 0 saturated carbocycles. The minimum atomic E-state index is -0.0288. The highest BCUT2D eigenvalue weighted by molar-refractivity contribution is 8.26. The van der Waals surface area contributed by atoms with E-state index in [9.17, 15) is 4.79 Å². The van der Waals surface area contributed by atoms with Crippen LogP contribution in [0.2, 0.25) is 0 Å². The van der Waals surface area contributed by atoms with Crippen LogP contribution >= 0.6 is 24.0 Å². The molecule has 1 amide bonds. The van der Waals surface area contributed by atoms with Gasteiger partial charge in [0.05, 0.1) is 25.2 Å². The maximum atomic E-state index is 12.3. The molecule has 1 fully saturated rings. The fraction of sp³-hybridized carbons (Fsp3) is 0.273. The Morgan fingerprint density at radius 1 is 1.03 bits per heavy atom. The van der Waals surface area contributed by atoms with E-state index >= 15 is 0 Å². The zero-order chi connectivity index (χ0) is 20.6. The van der Waals surface area contributed by atoms with Crippen LogP contribution in [-0.2, 0) is 4.79 Å². The van der Waals surface area contributed by atoms with E-state index in [1.54, 1.807) is 12.0 Å². The third kappa shape index (κ3) is 5.74. The fourth-order valence-electron chi connectivity index (χ4n) is 2.71. The summed E-state index contributed by atoms with van der Waals surface area (Å²) in [4.78, 5) is 14.5. The van der Waals surface area contributed by atoms with E-state index < -0.39 is 0 Å². The average molecular weight is 430 g/mol. The first kappa shape index (κ1) is 21.2. The summed E-state index contributed by atoms with van der Waals surface area (Å²) in [6.45, 7) is 3.63. The Kier molecular flexibility index (Phi) is 7.55. The summed E-state index contributed by atoms with van der Waals surface area (Å²) in [5.74, 6) is 2.31. The van der Waals surface area contributed by atoms with E-state index in [2.05, 4.69) is 0 Å². The number of likely N-dealkylation sites (N-methyl/N-ethyl adjacent to an activating group) is 1. The topological polar surface area (TPSA) is 48.0 Å². The summed E-state index contributed by atoms with van der Waals surface area (Å²) in [5, 5.41) is 0. The van der Waals surface area contributed by atoms with Crippen LogP contribution in [0.25, 0.3) is 6.08 Å². The van der Waals surface area contributed by atoms with Gasteiger partial charge in [0, 0.05) is 19.0 Å². The number of ether oxygens (including phenoxy) is 3. The van der Waals surface area contributed by atoms with Crippen molar-refractivity contribution in [1.29, 1.82) is 0 Å². The molecular weight excluding hydrogens is 406 g/mol. The van der Waals surface area contributed by atoms with E-state index in [1.807, 2.05) is 61.5 Å². The first-order chi connectivity index (χ1) is 14.1. The van der Waals surface area contributed by atoms with Gasteiger partial charge in [0.1, 0.15) is 21.6 Å². The second kappa shape index (κ2) is 10.3. The maximum Gasteiger partial charge on any atom is 0.266 e. The van der Waals surface area contributed by atoms with E-state index in [0.29, 0.717) is 29.0 Å². The second-order valence-corrected chi connectivity index (χ2v) is 7.90. The average Bonchev–Trinajstić information content (AvgIpc) is 3.01. The second-order valence-electron chi connectivity index (χ2n) is 6.22. The lowest BCUT2D eigenvalue weighted by Gasteiger charge is -2.09. The first-order valence-corrected chi connectivity index (χ1v) is 10.6. The Bertz CT molecular complexity index is 896. The number of hydrogen-bond donors (Lipinski definition) is 0. The Labute approximate surface area is 180 Å². The minimum absolute atomic E-state index is 0.0288. The van der Waals surface area contributed by atoms with Crippen LogP contribution in [0.4, 0.5) is 0 Å². The van der Waals surface area contributed by atoms with Gasteiger partial charge < -0.3 is 14.2 Å². The molecule has 2 aromatic rings. The number of thioether (sulfide) groups is 1. The molecule has 3 rings (SSSR count). The van der Waals surface area contributed by atoms with Crippen molar-refractivity contribution in [2.75, 3.05) is 26.9 Å². The number of benzene rings is 2. The van der Waals surface area contributed by atoms with Gasteiger partial charge in [-0.2, -0.15) is 0 Å². The lowest BCUT2D eigenvalue weighted by Crippen LogP contribution is -2.27. The molecule has 5 nitrogen and oxygen atoms in total. The van der Waals surface area contributed by atoms with Crippen LogP contribution in [-0.4, -0.2) is 42.0 Å². The number of nitrogens with zero attached hydrogens (tertiary/aromatic N) is 1. The van der Waals surface area contributed by atoms with Crippen molar-refractivity contribution in [3.63, 3.8) is 0 Å². The normalized spacial score (nSPS) is 15.1. The van der Waals surface area contributed by atoms with Crippen LogP contribution in [0.15, 0.2) is 53.4 Å². The number of carbonyl (C=O) groups excluding carboxylic acids is 1. The molecule has 0 unspecified atom stereocenters. The molecule has 0 aliphatic carbocycles. The Balaban J connectivity index is 1.44. The summed E-state index contributed by atoms with van der Waals surface area (Å²) in [6.07, 6.45) is 2.62. The molecule has 29 heavy (non-hydrogen) atoms. The van der Waals surface area contributed by atoms with E-state index in [0.717, 1.165) is 29.2 Å². The summed E-state index contributed by atoms with van der Waals surface area (Å²) < 4.78 is 17.2. The van der Waals surface area contributed by atoms with Gasteiger partial charge in [-0.1, -0.05) is 42.2 Å². The number of methoxy groups -OCH3 is 1. The van der Waals surface area contributed by atoms with Crippen molar-refractivity contribution < 1.29 is 19.0 Å². The number of thiocarbonyl (C=S) groups is 1. The van der Waals surface area contributed by atoms with Gasteiger partial charge in [0.2, 0.25) is 0 Å². The van der Waals surface area contributed by atoms with Crippen molar-refractivity contribution in [3.05, 3.63) is 59.0 Å². The minimum Gasteiger partial charge on any atom is -0.497 e. The Hall–Kier alpha value is -2.51. The van der Waals surface area contributed by atoms with Gasteiger partial charge in [0.15, 0.2) is 0 Å². The molecule has 152 valence electrons. The molecule has 0 aromatic heterocycles. The van der Waals surface area contributed by atoms with Gasteiger partial charge in [-0.3, -0.25) is 9.69 Å². The summed E-state index contributed by atoms with van der Waals surface area (Å²) in [7, 11) is 1.63. The van der Waals surface area contributed by atoms with Crippen molar-refractivity contribution in [2.45, 2.75) is 13.3 Å². The van der Waals surface area contributed by atoms with E-state index in [-0.39, 0.29) is 5.91 Å². The molecule has 1 saturated heterocycles. The third-order valence-corrected chi connectivity index (χ3v) is 5.61. The smallest absolute Gasteiger partial charge is 0.266 e. The SMILES string of the molecule is CCN1C(=O)/C(=C/c2ccc(OCCCOc3cccc(OC)c3)cc2)SC1=S. The Morgan fingerprint density at radius 3 is 2.38 bits per heavy atom. The van der Waals surface area contributed by atoms with Crippen molar-refractivity contribution in [1.82, 2.24) is 4.90 Å².